The van der Waals surface area contributed by atoms with Crippen molar-refractivity contribution in [2.75, 3.05) is 27.2 Å². The van der Waals surface area contributed by atoms with Crippen molar-refractivity contribution in [3.8, 4) is 0 Å². The molecule has 16 heavy (non-hydrogen) atoms. The third kappa shape index (κ3) is 6.23. The molecule has 0 spiro atoms. The molecule has 2 amide bonds. The SMILES string of the molecule is CCCC(NCCNC(=O)N(C)C)C(=O)O. The summed E-state index contributed by atoms with van der Waals surface area (Å²) in [4.78, 5) is 23.3. The molecule has 0 saturated carbocycles. The molecule has 0 aliphatic rings. The molecule has 0 aromatic carbocycles. The van der Waals surface area contributed by atoms with Crippen LogP contribution in [0, 0.1) is 0 Å². The van der Waals surface area contributed by atoms with Crippen molar-refractivity contribution in [1.82, 2.24) is 15.5 Å². The lowest BCUT2D eigenvalue weighted by molar-refractivity contribution is -0.139. The average molecular weight is 231 g/mol. The minimum absolute atomic E-state index is 0.177. The summed E-state index contributed by atoms with van der Waals surface area (Å²) in [5, 5.41) is 14.4. The molecule has 0 radical (unpaired) electrons. The van der Waals surface area contributed by atoms with Gasteiger partial charge in [-0.15, -0.1) is 0 Å². The zero-order valence-electron chi connectivity index (χ0n) is 10.1. The zero-order chi connectivity index (χ0) is 12.6. The largest absolute Gasteiger partial charge is 0.480 e. The Kier molecular flexibility index (Phi) is 7.28. The Labute approximate surface area is 96.0 Å². The second kappa shape index (κ2) is 7.92. The maximum absolute atomic E-state index is 11.1. The van der Waals surface area contributed by atoms with Gasteiger partial charge in [-0.3, -0.25) is 4.79 Å². The Morgan fingerprint density at radius 3 is 2.38 bits per heavy atom. The fraction of sp³-hybridized carbons (Fsp3) is 0.800. The van der Waals surface area contributed by atoms with Gasteiger partial charge in [-0.25, -0.2) is 4.79 Å². The van der Waals surface area contributed by atoms with E-state index in [-0.39, 0.29) is 6.03 Å². The summed E-state index contributed by atoms with van der Waals surface area (Å²) in [6, 6.07) is -0.703. The summed E-state index contributed by atoms with van der Waals surface area (Å²) in [6.07, 6.45) is 1.41. The van der Waals surface area contributed by atoms with Crippen molar-refractivity contribution < 1.29 is 14.7 Å². The van der Waals surface area contributed by atoms with E-state index in [4.69, 9.17) is 5.11 Å². The number of aliphatic carboxylic acids is 1. The summed E-state index contributed by atoms with van der Waals surface area (Å²) in [5.41, 5.74) is 0. The van der Waals surface area contributed by atoms with Crippen LogP contribution in [0.5, 0.6) is 0 Å². The van der Waals surface area contributed by atoms with Crippen molar-refractivity contribution in [1.29, 1.82) is 0 Å². The van der Waals surface area contributed by atoms with Crippen LogP contribution in [-0.2, 0) is 4.79 Å². The molecular formula is C10H21N3O3. The first-order valence-electron chi connectivity index (χ1n) is 5.40. The molecule has 6 nitrogen and oxygen atoms in total. The predicted molar refractivity (Wildman–Crippen MR) is 61.4 cm³/mol. The Hall–Kier alpha value is -1.30. The quantitative estimate of drug-likeness (QED) is 0.543. The van der Waals surface area contributed by atoms with Crippen LogP contribution in [0.3, 0.4) is 0 Å². The first-order chi connectivity index (χ1) is 7.49. The zero-order valence-corrected chi connectivity index (χ0v) is 10.1. The highest BCUT2D eigenvalue weighted by molar-refractivity contribution is 5.74. The summed E-state index contributed by atoms with van der Waals surface area (Å²) < 4.78 is 0. The third-order valence-corrected chi connectivity index (χ3v) is 2.07. The van der Waals surface area contributed by atoms with Crippen LogP contribution in [0.2, 0.25) is 0 Å². The van der Waals surface area contributed by atoms with Crippen LogP contribution >= 0.6 is 0 Å². The number of hydrogen-bond donors (Lipinski definition) is 3. The van der Waals surface area contributed by atoms with Gasteiger partial charge in [-0.1, -0.05) is 13.3 Å². The average Bonchev–Trinajstić information content (AvgIpc) is 2.21. The van der Waals surface area contributed by atoms with Gasteiger partial charge < -0.3 is 20.6 Å². The number of carbonyl (C=O) groups excluding carboxylic acids is 1. The van der Waals surface area contributed by atoms with Crippen molar-refractivity contribution >= 4 is 12.0 Å². The number of carboxylic acids is 1. The van der Waals surface area contributed by atoms with Gasteiger partial charge in [0.05, 0.1) is 0 Å². The number of urea groups is 1. The van der Waals surface area contributed by atoms with Gasteiger partial charge >= 0.3 is 12.0 Å². The molecule has 0 heterocycles. The summed E-state index contributed by atoms with van der Waals surface area (Å²) in [7, 11) is 3.31. The number of rotatable bonds is 7. The van der Waals surface area contributed by atoms with Crippen LogP contribution in [0.1, 0.15) is 19.8 Å². The third-order valence-electron chi connectivity index (χ3n) is 2.07. The van der Waals surface area contributed by atoms with E-state index < -0.39 is 12.0 Å². The normalized spacial score (nSPS) is 11.9. The molecule has 0 saturated heterocycles. The van der Waals surface area contributed by atoms with Gasteiger partial charge in [-0.2, -0.15) is 0 Å². The number of hydrogen-bond acceptors (Lipinski definition) is 3. The highest BCUT2D eigenvalue weighted by atomic mass is 16.4. The van der Waals surface area contributed by atoms with Crippen LogP contribution in [0.4, 0.5) is 4.79 Å². The van der Waals surface area contributed by atoms with Crippen molar-refractivity contribution in [3.63, 3.8) is 0 Å². The molecular weight excluding hydrogens is 210 g/mol. The molecule has 6 heteroatoms. The highest BCUT2D eigenvalue weighted by Gasteiger charge is 2.14. The topological polar surface area (TPSA) is 81.7 Å². The van der Waals surface area contributed by atoms with Crippen LogP contribution in [0.25, 0.3) is 0 Å². The lowest BCUT2D eigenvalue weighted by Gasteiger charge is -2.15. The second-order valence-electron chi connectivity index (χ2n) is 3.76. The van der Waals surface area contributed by atoms with Crippen LogP contribution < -0.4 is 10.6 Å². The Morgan fingerprint density at radius 2 is 1.94 bits per heavy atom. The lowest BCUT2D eigenvalue weighted by Crippen LogP contribution is -2.43. The van der Waals surface area contributed by atoms with Crippen LogP contribution in [-0.4, -0.2) is 55.2 Å². The lowest BCUT2D eigenvalue weighted by atomic mass is 10.2. The molecule has 1 unspecified atom stereocenters. The Balaban J connectivity index is 3.70. The number of carbonyl (C=O) groups is 2. The van der Waals surface area contributed by atoms with Gasteiger partial charge in [0, 0.05) is 27.2 Å². The Bertz CT molecular complexity index is 231. The second-order valence-corrected chi connectivity index (χ2v) is 3.76. The van der Waals surface area contributed by atoms with E-state index in [0.717, 1.165) is 6.42 Å². The summed E-state index contributed by atoms with van der Waals surface area (Å²) in [6.45, 7) is 2.81. The smallest absolute Gasteiger partial charge is 0.320 e. The number of nitrogens with zero attached hydrogens (tertiary/aromatic N) is 1. The molecule has 0 aliphatic heterocycles. The molecule has 0 bridgehead atoms. The standard InChI is InChI=1S/C10H21N3O3/c1-4-5-8(9(14)15)11-6-7-12-10(16)13(2)3/h8,11H,4-7H2,1-3H3,(H,12,16)(H,14,15). The number of carboxylic acid groups (broad SMARTS) is 1. The van der Waals surface area contributed by atoms with Crippen molar-refractivity contribution in [2.45, 2.75) is 25.8 Å². The van der Waals surface area contributed by atoms with Crippen LogP contribution in [0.15, 0.2) is 0 Å². The number of amides is 2. The van der Waals surface area contributed by atoms with Crippen molar-refractivity contribution in [2.24, 2.45) is 0 Å². The van der Waals surface area contributed by atoms with E-state index in [1.165, 1.54) is 4.90 Å². The molecule has 0 aromatic heterocycles. The van der Waals surface area contributed by atoms with Gasteiger partial charge in [0.1, 0.15) is 6.04 Å². The molecule has 0 rings (SSSR count). The first kappa shape index (κ1) is 14.7. The van der Waals surface area contributed by atoms with E-state index >= 15 is 0 Å². The minimum atomic E-state index is -0.846. The summed E-state index contributed by atoms with van der Waals surface area (Å²) >= 11 is 0. The maximum Gasteiger partial charge on any atom is 0.320 e. The van der Waals surface area contributed by atoms with Gasteiger partial charge in [0.25, 0.3) is 0 Å². The highest BCUT2D eigenvalue weighted by Crippen LogP contribution is 1.95. The predicted octanol–water partition coefficient (Wildman–Crippen LogP) is 0.101. The van der Waals surface area contributed by atoms with E-state index in [2.05, 4.69) is 10.6 Å². The molecule has 0 aromatic rings. The Morgan fingerprint density at radius 1 is 1.31 bits per heavy atom. The monoisotopic (exact) mass is 231 g/mol. The van der Waals surface area contributed by atoms with E-state index in [1.54, 1.807) is 14.1 Å². The van der Waals surface area contributed by atoms with Gasteiger partial charge in [0.2, 0.25) is 0 Å². The fourth-order valence-electron chi connectivity index (χ4n) is 1.18. The van der Waals surface area contributed by atoms with Gasteiger partial charge in [0.15, 0.2) is 0 Å². The molecule has 94 valence electrons. The molecule has 1 atom stereocenters. The maximum atomic E-state index is 11.1. The minimum Gasteiger partial charge on any atom is -0.480 e. The fourth-order valence-corrected chi connectivity index (χ4v) is 1.18. The molecule has 0 aliphatic carbocycles. The van der Waals surface area contributed by atoms with Gasteiger partial charge in [-0.05, 0) is 6.42 Å². The molecule has 0 fully saturated rings. The van der Waals surface area contributed by atoms with E-state index in [1.807, 2.05) is 6.92 Å². The van der Waals surface area contributed by atoms with E-state index in [9.17, 15) is 9.59 Å². The molecule has 3 N–H and O–H groups in total. The first-order valence-corrected chi connectivity index (χ1v) is 5.40. The van der Waals surface area contributed by atoms with Crippen molar-refractivity contribution in [3.05, 3.63) is 0 Å². The summed E-state index contributed by atoms with van der Waals surface area (Å²) in [5.74, 6) is -0.846. The van der Waals surface area contributed by atoms with E-state index in [0.29, 0.717) is 19.5 Å². The number of nitrogens with one attached hydrogen (secondary N) is 2.